The summed E-state index contributed by atoms with van der Waals surface area (Å²) in [6.07, 6.45) is 1.67. The van der Waals surface area contributed by atoms with Crippen molar-refractivity contribution in [2.45, 2.75) is 12.6 Å². The second kappa shape index (κ2) is 7.35. The smallest absolute Gasteiger partial charge is 0.276 e. The van der Waals surface area contributed by atoms with Crippen molar-refractivity contribution < 1.29 is 9.18 Å². The van der Waals surface area contributed by atoms with Gasteiger partial charge in [-0.1, -0.05) is 23.4 Å². The molecule has 1 unspecified atom stereocenters. The molecule has 26 heavy (non-hydrogen) atoms. The summed E-state index contributed by atoms with van der Waals surface area (Å²) in [4.78, 5) is 15.9. The average molecular weight is 371 g/mol. The number of nitrogens with one attached hydrogen (secondary N) is 1. The minimum absolute atomic E-state index is 0.182. The van der Waals surface area contributed by atoms with E-state index >= 15 is 0 Å². The van der Waals surface area contributed by atoms with Crippen molar-refractivity contribution in [1.82, 2.24) is 25.2 Å². The highest BCUT2D eigenvalue weighted by Gasteiger charge is 2.30. The van der Waals surface area contributed by atoms with Crippen molar-refractivity contribution in [3.63, 3.8) is 0 Å². The van der Waals surface area contributed by atoms with Gasteiger partial charge in [-0.05, 0) is 29.1 Å². The SMILES string of the molecule is O=C(c1cn(Cc2cccs2)nn1)N1CCNCC1c1cccc(F)c1. The molecule has 1 fully saturated rings. The first kappa shape index (κ1) is 16.9. The molecule has 0 radical (unpaired) electrons. The topological polar surface area (TPSA) is 63.1 Å². The third kappa shape index (κ3) is 3.51. The van der Waals surface area contributed by atoms with E-state index in [2.05, 4.69) is 15.6 Å². The van der Waals surface area contributed by atoms with E-state index in [-0.39, 0.29) is 17.8 Å². The van der Waals surface area contributed by atoms with Gasteiger partial charge in [0.1, 0.15) is 5.82 Å². The van der Waals surface area contributed by atoms with Gasteiger partial charge < -0.3 is 10.2 Å². The third-order valence-corrected chi connectivity index (χ3v) is 5.25. The van der Waals surface area contributed by atoms with Crippen LogP contribution in [0.25, 0.3) is 0 Å². The summed E-state index contributed by atoms with van der Waals surface area (Å²) in [7, 11) is 0. The van der Waals surface area contributed by atoms with Crippen molar-refractivity contribution >= 4 is 17.2 Å². The number of thiophene rings is 1. The van der Waals surface area contributed by atoms with Crippen molar-refractivity contribution in [3.8, 4) is 0 Å². The molecule has 0 spiro atoms. The predicted octanol–water partition coefficient (Wildman–Crippen LogP) is 2.31. The fourth-order valence-electron chi connectivity index (χ4n) is 3.14. The summed E-state index contributed by atoms with van der Waals surface area (Å²) < 4.78 is 15.3. The molecule has 4 rings (SSSR count). The lowest BCUT2D eigenvalue weighted by Gasteiger charge is -2.36. The van der Waals surface area contributed by atoms with Crippen LogP contribution in [0.3, 0.4) is 0 Å². The molecule has 1 aliphatic heterocycles. The van der Waals surface area contributed by atoms with E-state index in [1.807, 2.05) is 23.6 Å². The zero-order valence-corrected chi connectivity index (χ0v) is 14.8. The molecule has 8 heteroatoms. The highest BCUT2D eigenvalue weighted by molar-refractivity contribution is 7.09. The van der Waals surface area contributed by atoms with Crippen LogP contribution in [0.5, 0.6) is 0 Å². The monoisotopic (exact) mass is 371 g/mol. The molecule has 1 aromatic carbocycles. The second-order valence-electron chi connectivity index (χ2n) is 6.15. The molecule has 3 aromatic rings. The van der Waals surface area contributed by atoms with Crippen LogP contribution in [-0.2, 0) is 6.54 Å². The first-order valence-electron chi connectivity index (χ1n) is 8.40. The molecular formula is C18H18FN5OS. The van der Waals surface area contributed by atoms with Gasteiger partial charge in [0.2, 0.25) is 0 Å². The van der Waals surface area contributed by atoms with E-state index < -0.39 is 0 Å². The Morgan fingerprint density at radius 1 is 1.35 bits per heavy atom. The van der Waals surface area contributed by atoms with Crippen LogP contribution in [0.1, 0.15) is 27.0 Å². The number of carbonyl (C=O) groups excluding carboxylic acids is 1. The maximum absolute atomic E-state index is 13.6. The van der Waals surface area contributed by atoms with Gasteiger partial charge in [0.25, 0.3) is 5.91 Å². The molecule has 1 aliphatic rings. The number of benzene rings is 1. The Labute approximate surface area is 154 Å². The fourth-order valence-corrected chi connectivity index (χ4v) is 3.84. The highest BCUT2D eigenvalue weighted by atomic mass is 32.1. The molecule has 2 aromatic heterocycles. The number of rotatable bonds is 4. The van der Waals surface area contributed by atoms with Crippen molar-refractivity contribution in [3.05, 3.63) is 69.9 Å². The summed E-state index contributed by atoms with van der Waals surface area (Å²) in [6.45, 7) is 2.41. The Bertz CT molecular complexity index is 895. The first-order chi connectivity index (χ1) is 12.7. The largest absolute Gasteiger partial charge is 0.328 e. The Kier molecular flexibility index (Phi) is 4.77. The van der Waals surface area contributed by atoms with Gasteiger partial charge in [0, 0.05) is 24.5 Å². The molecule has 0 bridgehead atoms. The standard InChI is InChI=1S/C18H18FN5OS/c19-14-4-1-3-13(9-14)17-10-20-6-7-24(17)18(25)16-12-23(22-21-16)11-15-5-2-8-26-15/h1-5,8-9,12,17,20H,6-7,10-11H2. The molecule has 0 saturated carbocycles. The van der Waals surface area contributed by atoms with Gasteiger partial charge in [0.15, 0.2) is 5.69 Å². The van der Waals surface area contributed by atoms with Gasteiger partial charge in [0.05, 0.1) is 18.8 Å². The molecule has 1 amide bonds. The Balaban J connectivity index is 1.54. The van der Waals surface area contributed by atoms with Gasteiger partial charge in [-0.25, -0.2) is 9.07 Å². The summed E-state index contributed by atoms with van der Waals surface area (Å²) >= 11 is 1.63. The molecule has 1 N–H and O–H groups in total. The van der Waals surface area contributed by atoms with E-state index in [0.29, 0.717) is 31.9 Å². The zero-order chi connectivity index (χ0) is 17.9. The van der Waals surface area contributed by atoms with Gasteiger partial charge in [-0.15, -0.1) is 16.4 Å². The molecule has 1 saturated heterocycles. The fraction of sp³-hybridized carbons (Fsp3) is 0.278. The number of aromatic nitrogens is 3. The van der Waals surface area contributed by atoms with Crippen LogP contribution < -0.4 is 5.32 Å². The van der Waals surface area contributed by atoms with Crippen LogP contribution in [0.15, 0.2) is 48.0 Å². The van der Waals surface area contributed by atoms with Crippen LogP contribution in [-0.4, -0.2) is 45.4 Å². The Morgan fingerprint density at radius 3 is 3.08 bits per heavy atom. The van der Waals surface area contributed by atoms with E-state index in [1.54, 1.807) is 33.2 Å². The summed E-state index contributed by atoms with van der Waals surface area (Å²) in [6, 6.07) is 10.2. The van der Waals surface area contributed by atoms with Crippen LogP contribution in [0, 0.1) is 5.82 Å². The number of piperazine rings is 1. The zero-order valence-electron chi connectivity index (χ0n) is 14.0. The summed E-state index contributed by atoms with van der Waals surface area (Å²) in [5.74, 6) is -0.486. The lowest BCUT2D eigenvalue weighted by molar-refractivity contribution is 0.0627. The number of nitrogens with zero attached hydrogens (tertiary/aromatic N) is 4. The molecule has 1 atom stereocenters. The van der Waals surface area contributed by atoms with Gasteiger partial charge >= 0.3 is 0 Å². The molecule has 6 nitrogen and oxygen atoms in total. The Hall–Kier alpha value is -2.58. The van der Waals surface area contributed by atoms with Crippen LogP contribution >= 0.6 is 11.3 Å². The number of carbonyl (C=O) groups is 1. The maximum Gasteiger partial charge on any atom is 0.276 e. The molecule has 3 heterocycles. The third-order valence-electron chi connectivity index (χ3n) is 4.39. The molecular weight excluding hydrogens is 353 g/mol. The Morgan fingerprint density at radius 2 is 2.27 bits per heavy atom. The van der Waals surface area contributed by atoms with Crippen molar-refractivity contribution in [2.24, 2.45) is 0 Å². The molecule has 0 aliphatic carbocycles. The van der Waals surface area contributed by atoms with Crippen molar-refractivity contribution in [2.75, 3.05) is 19.6 Å². The highest BCUT2D eigenvalue weighted by Crippen LogP contribution is 2.24. The number of halogens is 1. The quantitative estimate of drug-likeness (QED) is 0.765. The maximum atomic E-state index is 13.6. The van der Waals surface area contributed by atoms with Gasteiger partial charge in [-0.2, -0.15) is 0 Å². The number of hydrogen-bond donors (Lipinski definition) is 1. The average Bonchev–Trinajstić information content (AvgIpc) is 3.34. The minimum atomic E-state index is -0.303. The minimum Gasteiger partial charge on any atom is -0.328 e. The lowest BCUT2D eigenvalue weighted by atomic mass is 10.0. The van der Waals surface area contributed by atoms with Crippen molar-refractivity contribution in [1.29, 1.82) is 0 Å². The van der Waals surface area contributed by atoms with E-state index in [4.69, 9.17) is 0 Å². The number of hydrogen-bond acceptors (Lipinski definition) is 5. The summed E-state index contributed by atoms with van der Waals surface area (Å²) in [5, 5.41) is 13.4. The first-order valence-corrected chi connectivity index (χ1v) is 9.28. The summed E-state index contributed by atoms with van der Waals surface area (Å²) in [5.41, 5.74) is 1.08. The normalized spacial score (nSPS) is 17.4. The van der Waals surface area contributed by atoms with Gasteiger partial charge in [-0.3, -0.25) is 4.79 Å². The molecule has 134 valence electrons. The predicted molar refractivity (Wildman–Crippen MR) is 96.5 cm³/mol. The lowest BCUT2D eigenvalue weighted by Crippen LogP contribution is -2.48. The second-order valence-corrected chi connectivity index (χ2v) is 7.19. The van der Waals surface area contributed by atoms with Crippen LogP contribution in [0.4, 0.5) is 4.39 Å². The number of amides is 1. The van der Waals surface area contributed by atoms with E-state index in [0.717, 1.165) is 10.4 Å². The van der Waals surface area contributed by atoms with E-state index in [9.17, 15) is 9.18 Å². The van der Waals surface area contributed by atoms with E-state index in [1.165, 1.54) is 12.1 Å². The van der Waals surface area contributed by atoms with Crippen LogP contribution in [0.2, 0.25) is 0 Å².